The molecule has 1 saturated heterocycles. The van der Waals surface area contributed by atoms with E-state index in [1.807, 2.05) is 6.92 Å². The predicted octanol–water partition coefficient (Wildman–Crippen LogP) is 0.613. The Hall–Kier alpha value is -1.12. The Labute approximate surface area is 125 Å². The Bertz CT molecular complexity index is 769. The van der Waals surface area contributed by atoms with Crippen LogP contribution in [0.25, 0.3) is 0 Å². The van der Waals surface area contributed by atoms with Gasteiger partial charge in [0.2, 0.25) is 10.0 Å². The normalized spacial score (nSPS) is 19.6. The molecule has 0 radical (unpaired) electrons. The second kappa shape index (κ2) is 5.26. The molecule has 0 aromatic heterocycles. The van der Waals surface area contributed by atoms with Gasteiger partial charge < -0.3 is 5.73 Å². The summed E-state index contributed by atoms with van der Waals surface area (Å²) in [6.07, 6.45) is 0. The zero-order valence-corrected chi connectivity index (χ0v) is 14.0. The van der Waals surface area contributed by atoms with Gasteiger partial charge in [-0.3, -0.25) is 0 Å². The summed E-state index contributed by atoms with van der Waals surface area (Å²) in [6.45, 7) is 5.24. The van der Waals surface area contributed by atoms with Gasteiger partial charge in [-0.05, 0) is 37.5 Å². The number of aryl methyl sites for hydroxylation is 2. The number of anilines is 1. The molecule has 0 atom stereocenters. The molecular weight excluding hydrogens is 312 g/mol. The predicted molar refractivity (Wildman–Crippen MR) is 82.5 cm³/mol. The molecule has 1 aromatic carbocycles. The Kier molecular flexibility index (Phi) is 4.07. The first-order valence-electron chi connectivity index (χ1n) is 6.63. The van der Waals surface area contributed by atoms with E-state index in [-0.39, 0.29) is 29.5 Å². The molecule has 0 spiro atoms. The molecule has 2 N–H and O–H groups in total. The van der Waals surface area contributed by atoms with Crippen molar-refractivity contribution >= 4 is 25.5 Å². The maximum absolute atomic E-state index is 12.8. The van der Waals surface area contributed by atoms with Crippen molar-refractivity contribution < 1.29 is 16.8 Å². The molecule has 8 heteroatoms. The molecule has 0 aliphatic carbocycles. The van der Waals surface area contributed by atoms with E-state index in [4.69, 9.17) is 5.73 Å². The standard InChI is InChI=1S/C13H20N2O4S2/c1-9-8-10(2)13(11(3)12(9)14)21(18,19)15-4-6-20(16,17)7-5-15/h8H,4-7,14H2,1-3H3. The van der Waals surface area contributed by atoms with Crippen LogP contribution < -0.4 is 5.73 Å². The smallest absolute Gasteiger partial charge is 0.243 e. The van der Waals surface area contributed by atoms with Gasteiger partial charge in [0.05, 0.1) is 16.4 Å². The van der Waals surface area contributed by atoms with Crippen LogP contribution in [0.15, 0.2) is 11.0 Å². The molecule has 1 aromatic rings. The molecule has 0 amide bonds. The van der Waals surface area contributed by atoms with Crippen LogP contribution in [0.3, 0.4) is 0 Å². The quantitative estimate of drug-likeness (QED) is 0.800. The molecule has 1 heterocycles. The second-order valence-electron chi connectivity index (χ2n) is 5.43. The maximum Gasteiger partial charge on any atom is 0.243 e. The van der Waals surface area contributed by atoms with Gasteiger partial charge in [-0.1, -0.05) is 6.07 Å². The molecule has 21 heavy (non-hydrogen) atoms. The molecule has 1 aliphatic rings. The second-order valence-corrected chi connectivity index (χ2v) is 9.61. The highest BCUT2D eigenvalue weighted by atomic mass is 32.2. The van der Waals surface area contributed by atoms with Gasteiger partial charge in [0.1, 0.15) is 0 Å². The number of rotatable bonds is 2. The molecular formula is C13H20N2O4S2. The maximum atomic E-state index is 12.8. The molecule has 6 nitrogen and oxygen atoms in total. The van der Waals surface area contributed by atoms with Crippen LogP contribution in [0.4, 0.5) is 5.69 Å². The number of hydrogen-bond acceptors (Lipinski definition) is 5. The largest absolute Gasteiger partial charge is 0.398 e. The molecule has 1 fully saturated rings. The Morgan fingerprint density at radius 2 is 1.62 bits per heavy atom. The minimum Gasteiger partial charge on any atom is -0.398 e. The van der Waals surface area contributed by atoms with E-state index in [0.29, 0.717) is 16.8 Å². The van der Waals surface area contributed by atoms with Crippen molar-refractivity contribution in [1.29, 1.82) is 0 Å². The van der Waals surface area contributed by atoms with Gasteiger partial charge in [-0.25, -0.2) is 16.8 Å². The average Bonchev–Trinajstić information content (AvgIpc) is 2.35. The van der Waals surface area contributed by atoms with E-state index < -0.39 is 19.9 Å². The summed E-state index contributed by atoms with van der Waals surface area (Å²) >= 11 is 0. The number of nitrogens with two attached hydrogens (primary N) is 1. The van der Waals surface area contributed by atoms with Crippen molar-refractivity contribution in [2.24, 2.45) is 0 Å². The summed E-state index contributed by atoms with van der Waals surface area (Å²) in [6, 6.07) is 1.75. The Morgan fingerprint density at radius 1 is 1.10 bits per heavy atom. The molecule has 0 saturated carbocycles. The van der Waals surface area contributed by atoms with E-state index in [0.717, 1.165) is 5.56 Å². The van der Waals surface area contributed by atoms with Crippen LogP contribution in [0, 0.1) is 20.8 Å². The lowest BCUT2D eigenvalue weighted by atomic mass is 10.1. The fourth-order valence-corrected chi connectivity index (χ4v) is 5.96. The van der Waals surface area contributed by atoms with E-state index in [1.54, 1.807) is 19.9 Å². The fraction of sp³-hybridized carbons (Fsp3) is 0.538. The van der Waals surface area contributed by atoms with Crippen molar-refractivity contribution in [1.82, 2.24) is 4.31 Å². The van der Waals surface area contributed by atoms with Crippen LogP contribution in [0.1, 0.15) is 16.7 Å². The number of nitrogens with zero attached hydrogens (tertiary/aromatic N) is 1. The number of benzene rings is 1. The van der Waals surface area contributed by atoms with Crippen LogP contribution >= 0.6 is 0 Å². The molecule has 0 bridgehead atoms. The number of hydrogen-bond donors (Lipinski definition) is 1. The van der Waals surface area contributed by atoms with Crippen molar-refractivity contribution in [3.63, 3.8) is 0 Å². The van der Waals surface area contributed by atoms with Crippen molar-refractivity contribution in [3.05, 3.63) is 22.8 Å². The minimum atomic E-state index is -3.72. The third kappa shape index (κ3) is 2.93. The summed E-state index contributed by atoms with van der Waals surface area (Å²) in [5.74, 6) is -0.267. The van der Waals surface area contributed by atoms with Gasteiger partial charge in [0.25, 0.3) is 0 Å². The molecule has 0 unspecified atom stereocenters. The summed E-state index contributed by atoms with van der Waals surface area (Å²) in [7, 11) is -6.85. The fourth-order valence-electron chi connectivity index (χ4n) is 2.64. The zero-order valence-electron chi connectivity index (χ0n) is 12.4. The van der Waals surface area contributed by atoms with E-state index >= 15 is 0 Å². The monoisotopic (exact) mass is 332 g/mol. The first kappa shape index (κ1) is 16.3. The first-order valence-corrected chi connectivity index (χ1v) is 9.89. The summed E-state index contributed by atoms with van der Waals surface area (Å²) in [5, 5.41) is 0. The number of sulfonamides is 1. The average molecular weight is 332 g/mol. The SMILES string of the molecule is Cc1cc(C)c(S(=O)(=O)N2CCS(=O)(=O)CC2)c(C)c1N. The van der Waals surface area contributed by atoms with Crippen LogP contribution in [-0.2, 0) is 19.9 Å². The molecule has 118 valence electrons. The third-order valence-electron chi connectivity index (χ3n) is 3.86. The number of nitrogen functional groups attached to an aromatic ring is 1. The van der Waals surface area contributed by atoms with Crippen molar-refractivity contribution in [2.45, 2.75) is 25.7 Å². The number of sulfone groups is 1. The lowest BCUT2D eigenvalue weighted by Crippen LogP contribution is -2.44. The summed E-state index contributed by atoms with van der Waals surface area (Å²) in [4.78, 5) is 0.199. The molecule has 2 rings (SSSR count). The van der Waals surface area contributed by atoms with E-state index in [2.05, 4.69) is 0 Å². The lowest BCUT2D eigenvalue weighted by molar-refractivity contribution is 0.430. The first-order chi connectivity index (χ1) is 9.56. The van der Waals surface area contributed by atoms with Crippen molar-refractivity contribution in [2.75, 3.05) is 30.3 Å². The highest BCUT2D eigenvalue weighted by molar-refractivity contribution is 7.92. The van der Waals surface area contributed by atoms with Crippen LogP contribution in [-0.4, -0.2) is 45.7 Å². The van der Waals surface area contributed by atoms with Gasteiger partial charge >= 0.3 is 0 Å². The topological polar surface area (TPSA) is 97.5 Å². The van der Waals surface area contributed by atoms with Gasteiger partial charge in [0, 0.05) is 18.8 Å². The molecule has 1 aliphatic heterocycles. The lowest BCUT2D eigenvalue weighted by Gasteiger charge is -2.27. The Balaban J connectivity index is 2.49. The third-order valence-corrected chi connectivity index (χ3v) is 7.66. The highest BCUT2D eigenvalue weighted by Crippen LogP contribution is 2.30. The minimum absolute atomic E-state index is 0.00265. The Morgan fingerprint density at radius 3 is 2.14 bits per heavy atom. The van der Waals surface area contributed by atoms with Crippen molar-refractivity contribution in [3.8, 4) is 0 Å². The highest BCUT2D eigenvalue weighted by Gasteiger charge is 2.33. The van der Waals surface area contributed by atoms with Crippen LogP contribution in [0.2, 0.25) is 0 Å². The summed E-state index contributed by atoms with van der Waals surface area (Å²) < 4.78 is 49.7. The van der Waals surface area contributed by atoms with Crippen LogP contribution in [0.5, 0.6) is 0 Å². The van der Waals surface area contributed by atoms with Gasteiger partial charge in [-0.15, -0.1) is 0 Å². The van der Waals surface area contributed by atoms with Gasteiger partial charge in [0.15, 0.2) is 9.84 Å². The van der Waals surface area contributed by atoms with Gasteiger partial charge in [-0.2, -0.15) is 4.31 Å². The summed E-state index contributed by atoms with van der Waals surface area (Å²) in [5.41, 5.74) is 8.40. The zero-order chi connectivity index (χ0) is 16.0. The van der Waals surface area contributed by atoms with E-state index in [1.165, 1.54) is 4.31 Å². The van der Waals surface area contributed by atoms with E-state index in [9.17, 15) is 16.8 Å².